The van der Waals surface area contributed by atoms with Crippen molar-refractivity contribution in [2.24, 2.45) is 0 Å². The number of benzene rings is 3. The summed E-state index contributed by atoms with van der Waals surface area (Å²) in [5, 5.41) is 18.5. The molecule has 0 spiro atoms. The smallest absolute Gasteiger partial charge is 0.206 e. The summed E-state index contributed by atoms with van der Waals surface area (Å²) in [6.45, 7) is 0. The SMILES string of the molecule is O=C(c1ccc(O)cc1)c1ccc(S(=O)(=O)c2ccc(O)cc2)cc1. The predicted molar refractivity (Wildman–Crippen MR) is 91.5 cm³/mol. The maximum absolute atomic E-state index is 12.5. The van der Waals surface area contributed by atoms with Gasteiger partial charge in [0.2, 0.25) is 9.84 Å². The van der Waals surface area contributed by atoms with E-state index < -0.39 is 9.84 Å². The summed E-state index contributed by atoms with van der Waals surface area (Å²) < 4.78 is 25.1. The lowest BCUT2D eigenvalue weighted by Gasteiger charge is -2.06. The van der Waals surface area contributed by atoms with Crippen LogP contribution in [0.5, 0.6) is 11.5 Å². The van der Waals surface area contributed by atoms with E-state index in [4.69, 9.17) is 0 Å². The average Bonchev–Trinajstić information content (AvgIpc) is 2.62. The van der Waals surface area contributed by atoms with Crippen LogP contribution in [0.15, 0.2) is 82.6 Å². The van der Waals surface area contributed by atoms with Crippen LogP contribution in [0.25, 0.3) is 0 Å². The molecule has 0 bridgehead atoms. The summed E-state index contributed by atoms with van der Waals surface area (Å²) in [5.74, 6) is -0.228. The van der Waals surface area contributed by atoms with Crippen molar-refractivity contribution in [3.8, 4) is 11.5 Å². The zero-order valence-corrected chi connectivity index (χ0v) is 13.8. The van der Waals surface area contributed by atoms with Gasteiger partial charge in [0.05, 0.1) is 9.79 Å². The number of aromatic hydroxyl groups is 2. The number of hydrogen-bond acceptors (Lipinski definition) is 5. The zero-order chi connectivity index (χ0) is 18.0. The van der Waals surface area contributed by atoms with Crippen LogP contribution in [0.4, 0.5) is 0 Å². The van der Waals surface area contributed by atoms with Gasteiger partial charge >= 0.3 is 0 Å². The fourth-order valence-electron chi connectivity index (χ4n) is 2.33. The van der Waals surface area contributed by atoms with E-state index in [-0.39, 0.29) is 27.1 Å². The highest BCUT2D eigenvalue weighted by atomic mass is 32.2. The van der Waals surface area contributed by atoms with E-state index in [0.29, 0.717) is 11.1 Å². The van der Waals surface area contributed by atoms with Crippen molar-refractivity contribution in [3.63, 3.8) is 0 Å². The molecule has 3 rings (SSSR count). The minimum absolute atomic E-state index is 0.0196. The molecule has 3 aromatic carbocycles. The number of rotatable bonds is 4. The number of sulfone groups is 1. The van der Waals surface area contributed by atoms with E-state index in [0.717, 1.165) is 0 Å². The van der Waals surface area contributed by atoms with Crippen LogP contribution in [-0.2, 0) is 9.84 Å². The highest BCUT2D eigenvalue weighted by molar-refractivity contribution is 7.91. The summed E-state index contributed by atoms with van der Waals surface area (Å²) in [6, 6.07) is 16.7. The van der Waals surface area contributed by atoms with Crippen LogP contribution in [-0.4, -0.2) is 24.4 Å². The molecule has 0 saturated heterocycles. The van der Waals surface area contributed by atoms with Crippen LogP contribution in [0, 0.1) is 0 Å². The molecule has 3 aromatic rings. The highest BCUT2D eigenvalue weighted by Gasteiger charge is 2.18. The first-order chi connectivity index (χ1) is 11.9. The highest BCUT2D eigenvalue weighted by Crippen LogP contribution is 2.23. The molecule has 0 saturated carbocycles. The van der Waals surface area contributed by atoms with E-state index in [9.17, 15) is 23.4 Å². The third kappa shape index (κ3) is 3.39. The van der Waals surface area contributed by atoms with Gasteiger partial charge in [-0.15, -0.1) is 0 Å². The van der Waals surface area contributed by atoms with Crippen molar-refractivity contribution in [2.75, 3.05) is 0 Å². The molecule has 2 N–H and O–H groups in total. The van der Waals surface area contributed by atoms with Gasteiger partial charge in [-0.2, -0.15) is 0 Å². The zero-order valence-electron chi connectivity index (χ0n) is 13.0. The fourth-order valence-corrected chi connectivity index (χ4v) is 3.59. The topological polar surface area (TPSA) is 91.7 Å². The molecule has 0 aliphatic carbocycles. The number of carbonyl (C=O) groups is 1. The van der Waals surface area contributed by atoms with Crippen molar-refractivity contribution in [1.29, 1.82) is 0 Å². The molecular formula is C19H14O5S. The Morgan fingerprint density at radius 3 is 1.36 bits per heavy atom. The molecule has 0 atom stereocenters. The van der Waals surface area contributed by atoms with Crippen molar-refractivity contribution < 1.29 is 23.4 Å². The Morgan fingerprint density at radius 1 is 0.600 bits per heavy atom. The average molecular weight is 354 g/mol. The third-order valence-electron chi connectivity index (χ3n) is 3.70. The Balaban J connectivity index is 1.90. The molecule has 0 aliphatic heterocycles. The number of phenols is 2. The van der Waals surface area contributed by atoms with Gasteiger partial charge in [0.1, 0.15) is 11.5 Å². The van der Waals surface area contributed by atoms with E-state index >= 15 is 0 Å². The molecule has 0 unspecified atom stereocenters. The Morgan fingerprint density at radius 2 is 0.920 bits per heavy atom. The van der Waals surface area contributed by atoms with Gasteiger partial charge in [-0.1, -0.05) is 0 Å². The van der Waals surface area contributed by atoms with E-state index in [1.807, 2.05) is 0 Å². The van der Waals surface area contributed by atoms with Crippen LogP contribution < -0.4 is 0 Å². The second-order valence-corrected chi connectivity index (χ2v) is 7.35. The van der Waals surface area contributed by atoms with Crippen LogP contribution in [0.1, 0.15) is 15.9 Å². The molecular weight excluding hydrogens is 340 g/mol. The molecule has 6 heteroatoms. The first kappa shape index (κ1) is 16.7. The predicted octanol–water partition coefficient (Wildman–Crippen LogP) is 3.16. The molecule has 5 nitrogen and oxygen atoms in total. The lowest BCUT2D eigenvalue weighted by molar-refractivity contribution is 0.103. The maximum Gasteiger partial charge on any atom is 0.206 e. The Bertz CT molecular complexity index is 1000. The van der Waals surface area contributed by atoms with Gasteiger partial charge in [0.25, 0.3) is 0 Å². The normalized spacial score (nSPS) is 11.2. The number of hydrogen-bond donors (Lipinski definition) is 2. The summed E-state index contributed by atoms with van der Waals surface area (Å²) in [6.07, 6.45) is 0. The van der Waals surface area contributed by atoms with Gasteiger partial charge in [-0.05, 0) is 72.8 Å². The minimum atomic E-state index is -3.72. The molecule has 0 heterocycles. The van der Waals surface area contributed by atoms with Crippen molar-refractivity contribution in [3.05, 3.63) is 83.9 Å². The molecule has 0 aliphatic rings. The van der Waals surface area contributed by atoms with E-state index in [1.54, 1.807) is 0 Å². The van der Waals surface area contributed by atoms with Gasteiger partial charge in [-0.3, -0.25) is 4.79 Å². The summed E-state index contributed by atoms with van der Waals surface area (Å²) in [4.78, 5) is 12.5. The molecule has 126 valence electrons. The van der Waals surface area contributed by atoms with Gasteiger partial charge in [-0.25, -0.2) is 8.42 Å². The van der Waals surface area contributed by atoms with Gasteiger partial charge < -0.3 is 10.2 Å². The first-order valence-electron chi connectivity index (χ1n) is 7.36. The summed E-state index contributed by atoms with van der Waals surface area (Å²) in [7, 11) is -3.72. The summed E-state index contributed by atoms with van der Waals surface area (Å²) in [5.41, 5.74) is 0.738. The number of phenolic OH excluding ortho intramolecular Hbond substituents is 2. The standard InChI is InChI=1S/C19H14O5S/c20-15-5-1-13(2-6-15)19(22)14-3-9-17(10-4-14)25(23,24)18-11-7-16(21)8-12-18/h1-12,20-21H. The van der Waals surface area contributed by atoms with E-state index in [2.05, 4.69) is 0 Å². The Labute approximate surface area is 144 Å². The van der Waals surface area contributed by atoms with Crippen LogP contribution >= 0.6 is 0 Å². The maximum atomic E-state index is 12.5. The van der Waals surface area contributed by atoms with E-state index in [1.165, 1.54) is 72.8 Å². The second kappa shape index (κ2) is 6.41. The Kier molecular flexibility index (Phi) is 4.29. The molecule has 0 radical (unpaired) electrons. The largest absolute Gasteiger partial charge is 0.508 e. The lowest BCUT2D eigenvalue weighted by Crippen LogP contribution is -2.04. The van der Waals surface area contributed by atoms with Crippen molar-refractivity contribution >= 4 is 15.6 Å². The monoisotopic (exact) mass is 354 g/mol. The molecule has 0 fully saturated rings. The molecule has 25 heavy (non-hydrogen) atoms. The minimum Gasteiger partial charge on any atom is -0.508 e. The molecule has 0 aromatic heterocycles. The Hall–Kier alpha value is -3.12. The molecule has 0 amide bonds. The van der Waals surface area contributed by atoms with Gasteiger partial charge in [0, 0.05) is 11.1 Å². The quantitative estimate of drug-likeness (QED) is 0.702. The van der Waals surface area contributed by atoms with Crippen molar-refractivity contribution in [2.45, 2.75) is 9.79 Å². The van der Waals surface area contributed by atoms with Crippen molar-refractivity contribution in [1.82, 2.24) is 0 Å². The first-order valence-corrected chi connectivity index (χ1v) is 8.84. The van der Waals surface area contributed by atoms with Crippen LogP contribution in [0.2, 0.25) is 0 Å². The third-order valence-corrected chi connectivity index (χ3v) is 5.49. The summed E-state index contributed by atoms with van der Waals surface area (Å²) >= 11 is 0. The van der Waals surface area contributed by atoms with Crippen LogP contribution in [0.3, 0.4) is 0 Å². The van der Waals surface area contributed by atoms with Gasteiger partial charge in [0.15, 0.2) is 5.78 Å². The number of carbonyl (C=O) groups excluding carboxylic acids is 1. The second-order valence-electron chi connectivity index (χ2n) is 5.40. The lowest BCUT2D eigenvalue weighted by atomic mass is 10.0. The number of ketones is 1. The fraction of sp³-hybridized carbons (Fsp3) is 0.